The molecule has 1 saturated heterocycles. The fraction of sp³-hybridized carbons (Fsp3) is 0.833. The van der Waals surface area contributed by atoms with Gasteiger partial charge in [-0.2, -0.15) is 0 Å². The van der Waals surface area contributed by atoms with E-state index in [2.05, 4.69) is 6.92 Å². The summed E-state index contributed by atoms with van der Waals surface area (Å²) < 4.78 is 11.2. The summed E-state index contributed by atoms with van der Waals surface area (Å²) in [6.45, 7) is 7.95. The SMILES string of the molecule is CC(C)=COCCC1(C)CCCCO1. The van der Waals surface area contributed by atoms with Gasteiger partial charge < -0.3 is 9.47 Å². The first-order valence-corrected chi connectivity index (χ1v) is 5.51. The van der Waals surface area contributed by atoms with E-state index in [0.717, 1.165) is 19.6 Å². The van der Waals surface area contributed by atoms with Gasteiger partial charge in [0.1, 0.15) is 0 Å². The average Bonchev–Trinajstić information content (AvgIpc) is 2.14. The van der Waals surface area contributed by atoms with Gasteiger partial charge in [-0.05, 0) is 45.6 Å². The van der Waals surface area contributed by atoms with Gasteiger partial charge in [0, 0.05) is 13.0 Å². The van der Waals surface area contributed by atoms with Crippen LogP contribution in [0.1, 0.15) is 46.5 Å². The van der Waals surface area contributed by atoms with Crippen molar-refractivity contribution in [2.75, 3.05) is 13.2 Å². The van der Waals surface area contributed by atoms with Crippen LogP contribution in [0.15, 0.2) is 11.8 Å². The molecule has 0 aromatic heterocycles. The first-order valence-electron chi connectivity index (χ1n) is 5.51. The monoisotopic (exact) mass is 198 g/mol. The van der Waals surface area contributed by atoms with Crippen molar-refractivity contribution in [2.24, 2.45) is 0 Å². The third-order valence-corrected chi connectivity index (χ3v) is 2.62. The molecule has 0 aliphatic carbocycles. The fourth-order valence-corrected chi connectivity index (χ4v) is 1.69. The van der Waals surface area contributed by atoms with Crippen LogP contribution in [0.2, 0.25) is 0 Å². The summed E-state index contributed by atoms with van der Waals surface area (Å²) in [5.41, 5.74) is 1.27. The molecule has 14 heavy (non-hydrogen) atoms. The second-order valence-corrected chi connectivity index (χ2v) is 4.57. The molecule has 1 rings (SSSR count). The third-order valence-electron chi connectivity index (χ3n) is 2.62. The molecule has 0 radical (unpaired) electrons. The van der Waals surface area contributed by atoms with Crippen LogP contribution in [-0.2, 0) is 9.47 Å². The van der Waals surface area contributed by atoms with Crippen LogP contribution in [0.25, 0.3) is 0 Å². The Morgan fingerprint density at radius 2 is 2.21 bits per heavy atom. The molecule has 1 heterocycles. The van der Waals surface area contributed by atoms with Crippen molar-refractivity contribution >= 4 is 0 Å². The van der Waals surface area contributed by atoms with Crippen LogP contribution in [0.4, 0.5) is 0 Å². The van der Waals surface area contributed by atoms with E-state index in [1.807, 2.05) is 20.1 Å². The maximum atomic E-state index is 5.77. The molecule has 1 aliphatic heterocycles. The minimum atomic E-state index is 0.0632. The second-order valence-electron chi connectivity index (χ2n) is 4.57. The lowest BCUT2D eigenvalue weighted by molar-refractivity contribution is -0.0778. The molecular weight excluding hydrogens is 176 g/mol. The summed E-state index contributed by atoms with van der Waals surface area (Å²) in [7, 11) is 0. The smallest absolute Gasteiger partial charge is 0.0900 e. The zero-order valence-corrected chi connectivity index (χ0v) is 9.64. The Kier molecular flexibility index (Phi) is 4.46. The molecule has 0 amide bonds. The molecule has 1 fully saturated rings. The van der Waals surface area contributed by atoms with Crippen LogP contribution >= 0.6 is 0 Å². The second kappa shape index (κ2) is 5.40. The lowest BCUT2D eigenvalue weighted by Crippen LogP contribution is -2.33. The molecule has 1 aliphatic rings. The average molecular weight is 198 g/mol. The van der Waals surface area contributed by atoms with Crippen LogP contribution in [-0.4, -0.2) is 18.8 Å². The van der Waals surface area contributed by atoms with E-state index < -0.39 is 0 Å². The molecule has 0 bridgehead atoms. The van der Waals surface area contributed by atoms with Crippen molar-refractivity contribution in [3.63, 3.8) is 0 Å². The van der Waals surface area contributed by atoms with E-state index in [1.54, 1.807) is 0 Å². The van der Waals surface area contributed by atoms with E-state index in [4.69, 9.17) is 9.47 Å². The van der Waals surface area contributed by atoms with E-state index in [-0.39, 0.29) is 5.60 Å². The van der Waals surface area contributed by atoms with Gasteiger partial charge in [-0.3, -0.25) is 0 Å². The van der Waals surface area contributed by atoms with Crippen LogP contribution in [0.3, 0.4) is 0 Å². The van der Waals surface area contributed by atoms with E-state index in [1.165, 1.54) is 24.8 Å². The Morgan fingerprint density at radius 3 is 2.79 bits per heavy atom. The summed E-state index contributed by atoms with van der Waals surface area (Å²) in [6, 6.07) is 0. The standard InChI is InChI=1S/C12H22O2/c1-11(2)10-13-9-7-12(3)6-4-5-8-14-12/h10H,4-9H2,1-3H3. The summed E-state index contributed by atoms with van der Waals surface area (Å²) in [6.07, 6.45) is 6.50. The number of rotatable bonds is 4. The Labute approximate surface area is 87.3 Å². The summed E-state index contributed by atoms with van der Waals surface area (Å²) in [5, 5.41) is 0. The zero-order valence-electron chi connectivity index (χ0n) is 9.64. The minimum absolute atomic E-state index is 0.0632. The van der Waals surface area contributed by atoms with E-state index in [0.29, 0.717) is 0 Å². The van der Waals surface area contributed by atoms with Gasteiger partial charge in [0.15, 0.2) is 0 Å². The highest BCUT2D eigenvalue weighted by Crippen LogP contribution is 2.27. The predicted octanol–water partition coefficient (Wildman–Crippen LogP) is 3.28. The normalized spacial score (nSPS) is 27.1. The minimum Gasteiger partial charge on any atom is -0.501 e. The Bertz CT molecular complexity index is 186. The van der Waals surface area contributed by atoms with Crippen LogP contribution in [0, 0.1) is 0 Å². The maximum Gasteiger partial charge on any atom is 0.0900 e. The van der Waals surface area contributed by atoms with Crippen molar-refractivity contribution < 1.29 is 9.47 Å². The lowest BCUT2D eigenvalue weighted by Gasteiger charge is -2.33. The lowest BCUT2D eigenvalue weighted by atomic mass is 9.93. The number of allylic oxidation sites excluding steroid dienone is 1. The molecular formula is C12H22O2. The largest absolute Gasteiger partial charge is 0.501 e. The highest BCUT2D eigenvalue weighted by Gasteiger charge is 2.27. The first kappa shape index (κ1) is 11.6. The Hall–Kier alpha value is -0.500. The van der Waals surface area contributed by atoms with Crippen molar-refractivity contribution in [2.45, 2.75) is 52.1 Å². The Balaban J connectivity index is 2.19. The topological polar surface area (TPSA) is 18.5 Å². The van der Waals surface area contributed by atoms with Gasteiger partial charge in [-0.1, -0.05) is 0 Å². The molecule has 82 valence electrons. The van der Waals surface area contributed by atoms with Crippen molar-refractivity contribution in [3.8, 4) is 0 Å². The Morgan fingerprint density at radius 1 is 1.43 bits per heavy atom. The summed E-state index contributed by atoms with van der Waals surface area (Å²) in [4.78, 5) is 0. The molecule has 1 atom stereocenters. The summed E-state index contributed by atoms with van der Waals surface area (Å²) in [5.74, 6) is 0. The van der Waals surface area contributed by atoms with E-state index in [9.17, 15) is 0 Å². The first-order chi connectivity index (χ1) is 6.62. The third kappa shape index (κ3) is 4.14. The molecule has 0 spiro atoms. The van der Waals surface area contributed by atoms with Gasteiger partial charge in [0.25, 0.3) is 0 Å². The molecule has 0 aromatic rings. The van der Waals surface area contributed by atoms with Crippen LogP contribution < -0.4 is 0 Å². The quantitative estimate of drug-likeness (QED) is 0.510. The van der Waals surface area contributed by atoms with Gasteiger partial charge >= 0.3 is 0 Å². The highest BCUT2D eigenvalue weighted by atomic mass is 16.5. The highest BCUT2D eigenvalue weighted by molar-refractivity contribution is 4.86. The molecule has 2 nitrogen and oxygen atoms in total. The molecule has 0 N–H and O–H groups in total. The number of ether oxygens (including phenoxy) is 2. The van der Waals surface area contributed by atoms with Gasteiger partial charge in [-0.15, -0.1) is 0 Å². The predicted molar refractivity (Wildman–Crippen MR) is 58.2 cm³/mol. The molecule has 0 aromatic carbocycles. The van der Waals surface area contributed by atoms with Crippen molar-refractivity contribution in [1.82, 2.24) is 0 Å². The molecule has 2 heteroatoms. The molecule has 0 saturated carbocycles. The van der Waals surface area contributed by atoms with Gasteiger partial charge in [-0.25, -0.2) is 0 Å². The molecule has 1 unspecified atom stereocenters. The number of hydrogen-bond acceptors (Lipinski definition) is 2. The van der Waals surface area contributed by atoms with Crippen LogP contribution in [0.5, 0.6) is 0 Å². The fourth-order valence-electron chi connectivity index (χ4n) is 1.69. The van der Waals surface area contributed by atoms with Gasteiger partial charge in [0.05, 0.1) is 18.5 Å². The zero-order chi connectivity index (χ0) is 10.4. The summed E-state index contributed by atoms with van der Waals surface area (Å²) >= 11 is 0. The van der Waals surface area contributed by atoms with Crippen molar-refractivity contribution in [3.05, 3.63) is 11.8 Å². The van der Waals surface area contributed by atoms with Crippen molar-refractivity contribution in [1.29, 1.82) is 0 Å². The van der Waals surface area contributed by atoms with E-state index >= 15 is 0 Å². The maximum absolute atomic E-state index is 5.77. The van der Waals surface area contributed by atoms with Gasteiger partial charge in [0.2, 0.25) is 0 Å². The number of hydrogen-bond donors (Lipinski definition) is 0.